The smallest absolute Gasteiger partial charge is 0.319 e. The van der Waals surface area contributed by atoms with Crippen LogP contribution < -0.4 is 5.32 Å². The molecule has 136 valence electrons. The number of nitro groups is 1. The van der Waals surface area contributed by atoms with Gasteiger partial charge in [0.1, 0.15) is 5.25 Å². The van der Waals surface area contributed by atoms with Gasteiger partial charge in [-0.3, -0.25) is 19.7 Å². The summed E-state index contributed by atoms with van der Waals surface area (Å²) in [5.41, 5.74) is 0.521. The molecule has 0 unspecified atom stereocenters. The summed E-state index contributed by atoms with van der Waals surface area (Å²) in [5.74, 6) is -1.02. The molecule has 0 aromatic heterocycles. The maximum Gasteiger partial charge on any atom is 0.319 e. The lowest BCUT2D eigenvalue weighted by molar-refractivity contribution is -0.384. The van der Waals surface area contributed by atoms with Crippen LogP contribution >= 0.6 is 23.4 Å². The number of nitrogens with one attached hydrogen (secondary N) is 1. The zero-order chi connectivity index (χ0) is 19.1. The number of ether oxygens (including phenoxy) is 1. The summed E-state index contributed by atoms with van der Waals surface area (Å²) < 4.78 is 4.99. The summed E-state index contributed by atoms with van der Waals surface area (Å²) in [6.45, 7) is 1.22. The van der Waals surface area contributed by atoms with Crippen molar-refractivity contribution in [2.24, 2.45) is 0 Å². The van der Waals surface area contributed by atoms with Gasteiger partial charge in [-0.15, -0.1) is 11.8 Å². The van der Waals surface area contributed by atoms with E-state index in [0.717, 1.165) is 0 Å². The highest BCUT2D eigenvalue weighted by Crippen LogP contribution is 2.26. The summed E-state index contributed by atoms with van der Waals surface area (Å²) in [6.07, 6.45) is 0. The van der Waals surface area contributed by atoms with Gasteiger partial charge in [-0.05, 0) is 43.3 Å². The van der Waals surface area contributed by atoms with Crippen molar-refractivity contribution in [2.45, 2.75) is 17.1 Å². The first-order valence-electron chi connectivity index (χ1n) is 7.48. The number of hydrogen-bond donors (Lipinski definition) is 1. The van der Waals surface area contributed by atoms with Gasteiger partial charge in [0.15, 0.2) is 6.61 Å². The van der Waals surface area contributed by atoms with Gasteiger partial charge in [-0.2, -0.15) is 0 Å². The van der Waals surface area contributed by atoms with Crippen LogP contribution in [0.4, 0.5) is 11.4 Å². The van der Waals surface area contributed by atoms with Crippen LogP contribution in [0.15, 0.2) is 53.4 Å². The first-order chi connectivity index (χ1) is 12.3. The van der Waals surface area contributed by atoms with Crippen molar-refractivity contribution < 1.29 is 19.2 Å². The van der Waals surface area contributed by atoms with Crippen LogP contribution in [-0.4, -0.2) is 28.7 Å². The maximum atomic E-state index is 12.0. The molecule has 1 atom stereocenters. The molecule has 0 saturated carbocycles. The van der Waals surface area contributed by atoms with Crippen LogP contribution in [0.3, 0.4) is 0 Å². The van der Waals surface area contributed by atoms with Gasteiger partial charge in [0.05, 0.1) is 4.92 Å². The molecular weight excluding hydrogens is 380 g/mol. The van der Waals surface area contributed by atoms with E-state index in [1.54, 1.807) is 43.3 Å². The normalized spacial score (nSPS) is 11.5. The van der Waals surface area contributed by atoms with Gasteiger partial charge in [-0.1, -0.05) is 11.6 Å². The Kier molecular flexibility index (Phi) is 6.99. The molecule has 0 heterocycles. The van der Waals surface area contributed by atoms with Crippen LogP contribution in [-0.2, 0) is 14.3 Å². The number of esters is 1. The molecule has 7 nitrogen and oxygen atoms in total. The SMILES string of the molecule is C[C@H](Sc1ccc([N+](=O)[O-])cc1)C(=O)OCC(=O)Nc1ccc(Cl)cc1. The number of hydrogen-bond acceptors (Lipinski definition) is 6. The van der Waals surface area contributed by atoms with Gasteiger partial charge in [0.25, 0.3) is 11.6 Å². The van der Waals surface area contributed by atoms with E-state index in [-0.39, 0.29) is 5.69 Å². The molecule has 0 aliphatic rings. The Hall–Kier alpha value is -2.58. The van der Waals surface area contributed by atoms with Gasteiger partial charge in [0.2, 0.25) is 0 Å². The molecule has 0 spiro atoms. The van der Waals surface area contributed by atoms with Crippen molar-refractivity contribution in [3.8, 4) is 0 Å². The highest BCUT2D eigenvalue weighted by Gasteiger charge is 2.18. The summed E-state index contributed by atoms with van der Waals surface area (Å²) >= 11 is 6.94. The van der Waals surface area contributed by atoms with Crippen LogP contribution in [0.2, 0.25) is 5.02 Å². The lowest BCUT2D eigenvalue weighted by Gasteiger charge is -2.11. The number of thioether (sulfide) groups is 1. The molecule has 1 amide bonds. The van der Waals surface area contributed by atoms with Crippen LogP contribution in [0.25, 0.3) is 0 Å². The standard InChI is InChI=1S/C17H15ClN2O5S/c1-11(26-15-8-6-14(7-9-15)20(23)24)17(22)25-10-16(21)19-13-4-2-12(18)3-5-13/h2-9,11H,10H2,1H3,(H,19,21)/t11-/m0/s1. The third kappa shape index (κ3) is 6.05. The van der Waals surface area contributed by atoms with E-state index < -0.39 is 28.7 Å². The number of carbonyl (C=O) groups is 2. The highest BCUT2D eigenvalue weighted by molar-refractivity contribution is 8.00. The molecule has 2 aromatic carbocycles. The summed E-state index contributed by atoms with van der Waals surface area (Å²) in [6, 6.07) is 12.4. The van der Waals surface area contributed by atoms with Crippen molar-refractivity contribution >= 4 is 46.6 Å². The van der Waals surface area contributed by atoms with Gasteiger partial charge in [-0.25, -0.2) is 0 Å². The maximum absolute atomic E-state index is 12.0. The van der Waals surface area contributed by atoms with E-state index in [1.807, 2.05) is 0 Å². The number of anilines is 1. The van der Waals surface area contributed by atoms with Crippen molar-refractivity contribution in [3.05, 3.63) is 63.7 Å². The summed E-state index contributed by atoms with van der Waals surface area (Å²) in [4.78, 5) is 34.6. The van der Waals surface area contributed by atoms with E-state index in [2.05, 4.69) is 5.32 Å². The molecule has 0 aliphatic heterocycles. The van der Waals surface area contributed by atoms with Crippen LogP contribution in [0.1, 0.15) is 6.92 Å². The Bertz CT molecular complexity index is 796. The van der Waals surface area contributed by atoms with E-state index in [0.29, 0.717) is 15.6 Å². The second-order valence-corrected chi connectivity index (χ2v) is 7.02. The predicted octanol–water partition coefficient (Wildman–Crippen LogP) is 3.91. The Morgan fingerprint density at radius 3 is 2.38 bits per heavy atom. The number of benzene rings is 2. The van der Waals surface area contributed by atoms with Crippen molar-refractivity contribution in [1.29, 1.82) is 0 Å². The Morgan fingerprint density at radius 2 is 1.81 bits per heavy atom. The Morgan fingerprint density at radius 1 is 1.19 bits per heavy atom. The number of halogens is 1. The fourth-order valence-electron chi connectivity index (χ4n) is 1.88. The van der Waals surface area contributed by atoms with Crippen molar-refractivity contribution in [1.82, 2.24) is 0 Å². The predicted molar refractivity (Wildman–Crippen MR) is 99.5 cm³/mol. The highest BCUT2D eigenvalue weighted by atomic mass is 35.5. The molecule has 0 fully saturated rings. The van der Waals surface area contributed by atoms with E-state index >= 15 is 0 Å². The van der Waals surface area contributed by atoms with Crippen molar-refractivity contribution in [3.63, 3.8) is 0 Å². The van der Waals surface area contributed by atoms with E-state index in [1.165, 1.54) is 23.9 Å². The second-order valence-electron chi connectivity index (χ2n) is 5.17. The number of nitro benzene ring substituents is 1. The Balaban J connectivity index is 1.79. The lowest BCUT2D eigenvalue weighted by Crippen LogP contribution is -2.24. The first kappa shape index (κ1) is 19.7. The molecule has 1 N–H and O–H groups in total. The minimum Gasteiger partial charge on any atom is -0.455 e. The zero-order valence-corrected chi connectivity index (χ0v) is 15.3. The molecular formula is C17H15ClN2O5S. The summed E-state index contributed by atoms with van der Waals surface area (Å²) in [7, 11) is 0. The average molecular weight is 395 g/mol. The van der Waals surface area contributed by atoms with Crippen LogP contribution in [0, 0.1) is 10.1 Å². The average Bonchev–Trinajstić information content (AvgIpc) is 2.62. The second kappa shape index (κ2) is 9.21. The number of carbonyl (C=O) groups excluding carboxylic acids is 2. The number of amides is 1. The lowest BCUT2D eigenvalue weighted by atomic mass is 10.3. The monoisotopic (exact) mass is 394 g/mol. The van der Waals surface area contributed by atoms with Crippen LogP contribution in [0.5, 0.6) is 0 Å². The fraction of sp³-hybridized carbons (Fsp3) is 0.176. The quantitative estimate of drug-likeness (QED) is 0.331. The summed E-state index contributed by atoms with van der Waals surface area (Å²) in [5, 5.41) is 13.2. The molecule has 0 saturated heterocycles. The minimum absolute atomic E-state index is 0.0246. The zero-order valence-electron chi connectivity index (χ0n) is 13.7. The first-order valence-corrected chi connectivity index (χ1v) is 8.74. The van der Waals surface area contributed by atoms with Crippen molar-refractivity contribution in [2.75, 3.05) is 11.9 Å². The molecule has 26 heavy (non-hydrogen) atoms. The molecule has 0 bridgehead atoms. The third-order valence-electron chi connectivity index (χ3n) is 3.17. The molecule has 2 aromatic rings. The Labute approximate surface area is 158 Å². The number of non-ortho nitro benzene ring substituents is 1. The molecule has 0 radical (unpaired) electrons. The fourth-order valence-corrected chi connectivity index (χ4v) is 2.87. The number of nitrogens with zero attached hydrogens (tertiary/aromatic N) is 1. The topological polar surface area (TPSA) is 98.5 Å². The van der Waals surface area contributed by atoms with Gasteiger partial charge >= 0.3 is 5.97 Å². The van der Waals surface area contributed by atoms with E-state index in [9.17, 15) is 19.7 Å². The largest absolute Gasteiger partial charge is 0.455 e. The van der Waals surface area contributed by atoms with Gasteiger partial charge in [0, 0.05) is 27.7 Å². The molecule has 2 rings (SSSR count). The minimum atomic E-state index is -0.570. The number of rotatable bonds is 7. The van der Waals surface area contributed by atoms with Gasteiger partial charge < -0.3 is 10.1 Å². The molecule has 0 aliphatic carbocycles. The molecule has 9 heteroatoms. The van der Waals surface area contributed by atoms with E-state index in [4.69, 9.17) is 16.3 Å². The third-order valence-corrected chi connectivity index (χ3v) is 4.51.